The second-order valence-corrected chi connectivity index (χ2v) is 4.34. The Kier molecular flexibility index (Phi) is 11.6. The molecule has 1 heteroatoms. The Morgan fingerprint density at radius 2 is 1.25 bits per heavy atom. The van der Waals surface area contributed by atoms with Crippen LogP contribution in [0.15, 0.2) is 0 Å². The summed E-state index contributed by atoms with van der Waals surface area (Å²) in [5.41, 5.74) is 0. The van der Waals surface area contributed by atoms with E-state index in [4.69, 9.17) is 0 Å². The lowest BCUT2D eigenvalue weighted by molar-refractivity contribution is -0.627. The zero-order valence-electron chi connectivity index (χ0n) is 8.74. The number of rotatable bonds is 9. The predicted octanol–water partition coefficient (Wildman–Crippen LogP) is 3.84. The number of hydrogen-bond acceptors (Lipinski definition) is 0. The molecule has 0 aromatic heterocycles. The molecule has 0 N–H and O–H groups in total. The summed E-state index contributed by atoms with van der Waals surface area (Å²) in [6.07, 6.45) is 13.6. The Morgan fingerprint density at radius 3 is 1.75 bits per heavy atom. The van der Waals surface area contributed by atoms with Gasteiger partial charge < -0.3 is 0 Å². The molecule has 0 spiro atoms. The Morgan fingerprint density at radius 1 is 0.750 bits per heavy atom. The van der Waals surface area contributed by atoms with Gasteiger partial charge >= 0.3 is 0 Å². The summed E-state index contributed by atoms with van der Waals surface area (Å²) >= 11 is 0. The molecule has 0 radical (unpaired) electrons. The summed E-state index contributed by atoms with van der Waals surface area (Å²) in [6.45, 7) is 2.27. The highest BCUT2D eigenvalue weighted by atomic mass is 35.5. The van der Waals surface area contributed by atoms with Gasteiger partial charge in [0.1, 0.15) is 10.8 Å². The third-order valence-electron chi connectivity index (χ3n) is 2.18. The first-order chi connectivity index (χ1) is 5.91. The first-order valence-electron chi connectivity index (χ1n) is 5.35. The van der Waals surface area contributed by atoms with Crippen molar-refractivity contribution in [2.24, 2.45) is 0 Å². The van der Waals surface area contributed by atoms with Crippen LogP contribution >= 0.6 is 0 Å². The minimum Gasteiger partial charge on any atom is -0.0654 e. The van der Waals surface area contributed by atoms with Crippen molar-refractivity contribution in [3.8, 4) is 0 Å². The number of hydrogen-bond donors (Lipinski definition) is 0. The average molecular weight is 192 g/mol. The quantitative estimate of drug-likeness (QED) is 0.384. The Balaban J connectivity index is 2.73. The second kappa shape index (κ2) is 11.3. The Bertz CT molecular complexity index is 61.4. The lowest BCUT2D eigenvalue weighted by Gasteiger charge is -1.98. The normalized spacial score (nSPS) is 10.5. The van der Waals surface area contributed by atoms with Crippen molar-refractivity contribution < 1.29 is 10.8 Å². The molecular weight excluding hydrogens is 168 g/mol. The maximum Gasteiger partial charge on any atom is 0.172 e. The van der Waals surface area contributed by atoms with Crippen LogP contribution in [0.4, 0.5) is 0 Å². The number of alkyl halides is 2. The molecule has 0 nitrogen and oxygen atoms in total. The summed E-state index contributed by atoms with van der Waals surface area (Å²) < 4.78 is 0. The third kappa shape index (κ3) is 10.3. The van der Waals surface area contributed by atoms with Gasteiger partial charge in [0.15, 0.2) is 12.3 Å². The molecule has 0 saturated carbocycles. The molecule has 0 saturated heterocycles. The summed E-state index contributed by atoms with van der Waals surface area (Å²) in [6, 6.07) is 0. The van der Waals surface area contributed by atoms with Gasteiger partial charge in [-0.25, -0.2) is 0 Å². The maximum absolute atomic E-state index is 2.38. The second-order valence-electron chi connectivity index (χ2n) is 3.43. The smallest absolute Gasteiger partial charge is 0.0654 e. The molecule has 0 aliphatic rings. The van der Waals surface area contributed by atoms with Crippen molar-refractivity contribution in [2.75, 3.05) is 12.3 Å². The molecule has 0 heterocycles. The molecule has 0 rings (SSSR count). The van der Waals surface area contributed by atoms with Crippen LogP contribution in [0.2, 0.25) is 0 Å². The van der Waals surface area contributed by atoms with Crippen LogP contribution < -0.4 is 0 Å². The van der Waals surface area contributed by atoms with Crippen LogP contribution in [0.25, 0.3) is 0 Å². The van der Waals surface area contributed by atoms with Gasteiger partial charge in [0.2, 0.25) is 0 Å². The van der Waals surface area contributed by atoms with E-state index in [1.54, 1.807) is 0 Å². The molecule has 0 unspecified atom stereocenters. The first kappa shape index (κ1) is 12.3. The molecule has 0 aromatic rings. The fourth-order valence-corrected chi connectivity index (χ4v) is 1.82. The highest BCUT2D eigenvalue weighted by Gasteiger charge is 1.95. The molecule has 0 amide bonds. The summed E-state index contributed by atoms with van der Waals surface area (Å²) in [7, 11) is 2.38. The van der Waals surface area contributed by atoms with Gasteiger partial charge in [-0.15, -0.1) is 0 Å². The number of unbranched alkanes of at least 4 members (excludes halogenated alkanes) is 7. The maximum atomic E-state index is 2.38. The van der Waals surface area contributed by atoms with Crippen LogP contribution in [0.5, 0.6) is 0 Å². The van der Waals surface area contributed by atoms with Crippen molar-refractivity contribution in [3.63, 3.8) is 0 Å². The largest absolute Gasteiger partial charge is 0.172 e. The van der Waals surface area contributed by atoms with E-state index in [2.05, 4.69) is 24.1 Å². The Hall–Kier alpha value is 0.290. The fraction of sp³-hybridized carbons (Fsp3) is 1.00. The van der Waals surface area contributed by atoms with E-state index in [1.165, 1.54) is 57.2 Å². The van der Waals surface area contributed by atoms with Gasteiger partial charge in [-0.3, -0.25) is 0 Å². The lowest BCUT2D eigenvalue weighted by atomic mass is 10.1. The zero-order chi connectivity index (χ0) is 9.07. The van der Waals surface area contributed by atoms with Crippen molar-refractivity contribution >= 4 is 0 Å². The monoisotopic (exact) mass is 191 g/mol. The molecule has 0 aliphatic heterocycles. The van der Waals surface area contributed by atoms with Crippen molar-refractivity contribution in [1.29, 1.82) is 0 Å². The molecule has 0 aromatic carbocycles. The minimum absolute atomic E-state index is 1.30. The molecule has 0 bridgehead atoms. The van der Waals surface area contributed by atoms with Crippen LogP contribution in [0.3, 0.4) is 0 Å². The van der Waals surface area contributed by atoms with Crippen LogP contribution in [-0.4, -0.2) is 12.3 Å². The van der Waals surface area contributed by atoms with E-state index in [-0.39, 0.29) is 0 Å². The molecule has 74 valence electrons. The molecule has 12 heavy (non-hydrogen) atoms. The molecule has 0 aliphatic carbocycles. The van der Waals surface area contributed by atoms with Gasteiger partial charge in [0.25, 0.3) is 0 Å². The van der Waals surface area contributed by atoms with Crippen LogP contribution in [0, 0.1) is 10.8 Å². The molecular formula is C11H24Cl+. The van der Waals surface area contributed by atoms with E-state index in [9.17, 15) is 0 Å². The summed E-state index contributed by atoms with van der Waals surface area (Å²) in [4.78, 5) is 0. The first-order valence-corrected chi connectivity index (χ1v) is 6.64. The van der Waals surface area contributed by atoms with E-state index in [0.29, 0.717) is 0 Å². The molecule has 0 atom stereocenters. The Labute approximate surface area is 81.8 Å². The lowest BCUT2D eigenvalue weighted by Crippen LogP contribution is -1.87. The van der Waals surface area contributed by atoms with Gasteiger partial charge in [0, 0.05) is 6.42 Å². The van der Waals surface area contributed by atoms with Crippen molar-refractivity contribution in [3.05, 3.63) is 0 Å². The zero-order valence-corrected chi connectivity index (χ0v) is 9.50. The van der Waals surface area contributed by atoms with Gasteiger partial charge in [-0.2, -0.15) is 0 Å². The van der Waals surface area contributed by atoms with E-state index in [0.717, 1.165) is 0 Å². The van der Waals surface area contributed by atoms with Gasteiger partial charge in [-0.05, 0) is 6.42 Å². The fourth-order valence-electron chi connectivity index (χ4n) is 1.36. The highest BCUT2D eigenvalue weighted by Crippen LogP contribution is 2.07. The van der Waals surface area contributed by atoms with Crippen LogP contribution in [0.1, 0.15) is 58.3 Å². The highest BCUT2D eigenvalue weighted by molar-refractivity contribution is 4.44. The van der Waals surface area contributed by atoms with Crippen LogP contribution in [-0.2, 0) is 0 Å². The van der Waals surface area contributed by atoms with E-state index < -0.39 is 0 Å². The van der Waals surface area contributed by atoms with Crippen molar-refractivity contribution in [2.45, 2.75) is 58.3 Å². The predicted molar refractivity (Wildman–Crippen MR) is 53.4 cm³/mol. The van der Waals surface area contributed by atoms with Gasteiger partial charge in [-0.1, -0.05) is 45.4 Å². The topological polar surface area (TPSA) is 0 Å². The van der Waals surface area contributed by atoms with E-state index >= 15 is 0 Å². The average Bonchev–Trinajstić information content (AvgIpc) is 2.10. The summed E-state index contributed by atoms with van der Waals surface area (Å²) in [5, 5.41) is 0. The van der Waals surface area contributed by atoms with E-state index in [1.807, 2.05) is 0 Å². The third-order valence-corrected chi connectivity index (χ3v) is 2.82. The standard InChI is InChI=1S/C11H24Cl/c1-3-4-5-6-7-8-9-10-11-12-2/h3-11H2,1-2H3/q+1. The SMILES string of the molecule is CCCCCCCCCC[Cl+]C. The minimum atomic E-state index is 1.30. The number of halogens is 1. The molecule has 0 fully saturated rings. The van der Waals surface area contributed by atoms with Gasteiger partial charge in [0.05, 0.1) is 0 Å². The van der Waals surface area contributed by atoms with Crippen molar-refractivity contribution in [1.82, 2.24) is 0 Å². The summed E-state index contributed by atoms with van der Waals surface area (Å²) in [5.74, 6) is 1.30.